The van der Waals surface area contributed by atoms with Crippen molar-refractivity contribution in [1.29, 1.82) is 0 Å². The molecular weight excluding hydrogens is 252 g/mol. The lowest BCUT2D eigenvalue weighted by Crippen LogP contribution is -2.58. The van der Waals surface area contributed by atoms with Crippen LogP contribution < -0.4 is 14.0 Å². The second kappa shape index (κ2) is 5.71. The zero-order valence-corrected chi connectivity index (χ0v) is 9.50. The molecule has 17 heavy (non-hydrogen) atoms. The Labute approximate surface area is 98.7 Å². The van der Waals surface area contributed by atoms with Crippen LogP contribution in [0.4, 0.5) is 0 Å². The molecule has 0 bridgehead atoms. The predicted octanol–water partition coefficient (Wildman–Crippen LogP) is -2.08. The molecule has 7 nitrogen and oxygen atoms in total. The van der Waals surface area contributed by atoms with E-state index in [1.165, 1.54) is 0 Å². The van der Waals surface area contributed by atoms with Crippen LogP contribution in [0.2, 0.25) is 0 Å². The molecule has 1 aromatic heterocycles. The number of nitrogens with zero attached hydrogens (tertiary/aromatic N) is 2. The number of halogens is 1. The molecule has 0 spiro atoms. The van der Waals surface area contributed by atoms with Gasteiger partial charge in [0, 0.05) is 12.5 Å². The van der Waals surface area contributed by atoms with Crippen molar-refractivity contribution in [3.63, 3.8) is 0 Å². The van der Waals surface area contributed by atoms with Gasteiger partial charge in [0.05, 0.1) is 14.9 Å². The van der Waals surface area contributed by atoms with Crippen molar-refractivity contribution in [1.82, 2.24) is 10.2 Å². The van der Waals surface area contributed by atoms with Crippen LogP contribution in [-0.4, -0.2) is 14.9 Å². The Morgan fingerprint density at radius 1 is 1.12 bits per heavy atom. The van der Waals surface area contributed by atoms with Crippen LogP contribution >= 0.6 is 0 Å². The van der Waals surface area contributed by atoms with E-state index in [4.69, 9.17) is 23.1 Å². The number of aromatic nitrogens is 2. The lowest BCUT2D eigenvalue weighted by Gasteiger charge is -2.03. The number of aryl methyl sites for hydroxylation is 1. The first-order valence-electron chi connectivity index (χ1n) is 4.35. The molecule has 0 aliphatic heterocycles. The Morgan fingerprint density at radius 2 is 1.65 bits per heavy atom. The molecule has 0 radical (unpaired) electrons. The molecular formula is C9H9ClN2O5. The van der Waals surface area contributed by atoms with E-state index in [0.29, 0.717) is 11.8 Å². The molecule has 2 aromatic rings. The lowest BCUT2D eigenvalue weighted by atomic mass is 10.2. The molecule has 0 amide bonds. The molecule has 1 aromatic carbocycles. The van der Waals surface area contributed by atoms with Gasteiger partial charge in [0.15, 0.2) is 0 Å². The summed E-state index contributed by atoms with van der Waals surface area (Å²) in [7, 11) is -4.69. The highest BCUT2D eigenvalue weighted by Crippen LogP contribution is 2.15. The summed E-state index contributed by atoms with van der Waals surface area (Å²) in [6.45, 7) is 1.78. The molecule has 8 heteroatoms. The van der Waals surface area contributed by atoms with E-state index < -0.39 is 10.2 Å². The fourth-order valence-electron chi connectivity index (χ4n) is 0.994. The Balaban J connectivity index is 0.000000249. The Kier molecular flexibility index (Phi) is 4.55. The summed E-state index contributed by atoms with van der Waals surface area (Å²) >= 11 is 0. The van der Waals surface area contributed by atoms with Crippen molar-refractivity contribution in [2.75, 3.05) is 0 Å². The van der Waals surface area contributed by atoms with E-state index >= 15 is 0 Å². The molecule has 0 unspecified atom stereocenters. The summed E-state index contributed by atoms with van der Waals surface area (Å²) in [5, 5.41) is 7.65. The van der Waals surface area contributed by atoms with Crippen molar-refractivity contribution in [2.45, 2.75) is 6.92 Å². The average molecular weight is 261 g/mol. The molecule has 0 atom stereocenters. The molecule has 92 valence electrons. The molecule has 1 heterocycles. The van der Waals surface area contributed by atoms with Gasteiger partial charge in [0.25, 0.3) is 0 Å². The number of rotatable bonds is 1. The van der Waals surface area contributed by atoms with Crippen LogP contribution in [0.5, 0.6) is 0 Å². The first-order chi connectivity index (χ1) is 7.86. The molecule has 0 aliphatic rings. The molecule has 2 rings (SSSR count). The van der Waals surface area contributed by atoms with Gasteiger partial charge in [-0.25, -0.2) is 0 Å². The van der Waals surface area contributed by atoms with E-state index in [1.807, 2.05) is 30.3 Å². The topological polar surface area (TPSA) is 128 Å². The summed E-state index contributed by atoms with van der Waals surface area (Å²) in [4.78, 5) is 0. The smallest absolute Gasteiger partial charge is 0.247 e. The Hall–Kier alpha value is -1.51. The molecule has 0 saturated carbocycles. The van der Waals surface area contributed by atoms with Gasteiger partial charge < -0.3 is 4.42 Å². The van der Waals surface area contributed by atoms with Gasteiger partial charge >= 0.3 is 0 Å². The van der Waals surface area contributed by atoms with Gasteiger partial charge in [0.1, 0.15) is 0 Å². The third kappa shape index (κ3) is 5.95. The van der Waals surface area contributed by atoms with Gasteiger partial charge in [-0.1, -0.05) is 18.2 Å². The van der Waals surface area contributed by atoms with Gasteiger partial charge in [0.2, 0.25) is 11.8 Å². The lowest BCUT2D eigenvalue weighted by molar-refractivity contribution is -1.92. The van der Waals surface area contributed by atoms with E-state index in [9.17, 15) is 0 Å². The van der Waals surface area contributed by atoms with Crippen LogP contribution in [-0.2, 0) is 0 Å². The standard InChI is InChI=1S/C9H8N2O.ClHO4/c1-7-10-11-9(12-7)8-5-3-2-4-6-8;2-1(3,4)5/h2-6H,1H3;(H,2,3,4,5). The molecule has 0 aliphatic carbocycles. The summed E-state index contributed by atoms with van der Waals surface area (Å²) in [6, 6.07) is 9.70. The minimum Gasteiger partial charge on any atom is -0.421 e. The van der Waals surface area contributed by atoms with Crippen LogP contribution in [0.25, 0.3) is 11.5 Å². The zero-order chi connectivity index (χ0) is 12.9. The van der Waals surface area contributed by atoms with Crippen LogP contribution in [0.15, 0.2) is 34.7 Å². The maximum atomic E-state index is 8.60. The van der Waals surface area contributed by atoms with E-state index in [-0.39, 0.29) is 0 Å². The average Bonchev–Trinajstić information content (AvgIpc) is 2.64. The summed E-state index contributed by atoms with van der Waals surface area (Å²) < 4.78 is 38.0. The highest BCUT2D eigenvalue weighted by molar-refractivity contribution is 5.51. The minimum atomic E-state index is -4.69. The van der Waals surface area contributed by atoms with Crippen LogP contribution in [0, 0.1) is 17.2 Å². The van der Waals surface area contributed by atoms with Crippen molar-refractivity contribution in [2.24, 2.45) is 0 Å². The SMILES string of the molecule is Cc1nnc(-c2ccccc2)o1.[O-][Cl+3]([O-])([O-])O. The third-order valence-corrected chi connectivity index (χ3v) is 1.55. The van der Waals surface area contributed by atoms with Crippen molar-refractivity contribution >= 4 is 0 Å². The second-order valence-corrected chi connectivity index (χ2v) is 3.68. The number of hydrogen-bond acceptors (Lipinski definition) is 7. The maximum Gasteiger partial charge on any atom is 0.247 e. The minimum absolute atomic E-state index is 0.577. The summed E-state index contributed by atoms with van der Waals surface area (Å²) in [5.74, 6) is 1.17. The first-order valence-corrected chi connectivity index (χ1v) is 5.61. The Morgan fingerprint density at radius 3 is 2.06 bits per heavy atom. The van der Waals surface area contributed by atoms with E-state index in [0.717, 1.165) is 5.56 Å². The molecule has 0 fully saturated rings. The van der Waals surface area contributed by atoms with E-state index in [2.05, 4.69) is 10.2 Å². The van der Waals surface area contributed by atoms with Gasteiger partial charge in [-0.15, -0.1) is 10.2 Å². The third-order valence-electron chi connectivity index (χ3n) is 1.55. The predicted molar refractivity (Wildman–Crippen MR) is 46.7 cm³/mol. The number of benzene rings is 1. The summed E-state index contributed by atoms with van der Waals surface area (Å²) in [6.07, 6.45) is 0. The Bertz CT molecular complexity index is 448. The van der Waals surface area contributed by atoms with Gasteiger partial charge in [-0.3, -0.25) is 0 Å². The van der Waals surface area contributed by atoms with Gasteiger partial charge in [-0.05, 0) is 12.1 Å². The normalized spacial score (nSPS) is 10.6. The zero-order valence-electron chi connectivity index (χ0n) is 8.74. The van der Waals surface area contributed by atoms with Crippen molar-refractivity contribution in [3.8, 4) is 11.5 Å². The second-order valence-electron chi connectivity index (χ2n) is 2.89. The highest BCUT2D eigenvalue weighted by Gasteiger charge is 2.03. The monoisotopic (exact) mass is 260 g/mol. The van der Waals surface area contributed by atoms with E-state index in [1.54, 1.807) is 6.92 Å². The highest BCUT2D eigenvalue weighted by atomic mass is 35.7. The maximum absolute atomic E-state index is 8.60. The van der Waals surface area contributed by atoms with Crippen LogP contribution in [0.1, 0.15) is 5.89 Å². The molecule has 1 N–H and O–H groups in total. The van der Waals surface area contributed by atoms with Crippen molar-refractivity contribution in [3.05, 3.63) is 36.2 Å². The summed E-state index contributed by atoms with van der Waals surface area (Å²) in [5.41, 5.74) is 0.957. The van der Waals surface area contributed by atoms with Crippen molar-refractivity contribution < 1.29 is 33.3 Å². The van der Waals surface area contributed by atoms with Crippen LogP contribution in [0.3, 0.4) is 0 Å². The quantitative estimate of drug-likeness (QED) is 0.623. The largest absolute Gasteiger partial charge is 0.421 e. The first kappa shape index (κ1) is 13.6. The van der Waals surface area contributed by atoms with Gasteiger partial charge in [-0.2, -0.15) is 14.0 Å². The fourth-order valence-corrected chi connectivity index (χ4v) is 0.994. The number of hydrogen-bond donors (Lipinski definition) is 1. The fraction of sp³-hybridized carbons (Fsp3) is 0.111. The molecule has 0 saturated heterocycles.